The number of hydrogen-bond acceptors (Lipinski definition) is 6. The zero-order valence-electron chi connectivity index (χ0n) is 22.1. The molecule has 1 heterocycles. The number of methoxy groups -OCH3 is 1. The SMILES string of the molecule is COc1ccc(C(F)(F)F)cc1NC(=O)CN1C(=O)S/C(=C\c2ccc(OCc3ccc4ccccc4c3)cc2)C1=O. The van der Waals surface area contributed by atoms with Gasteiger partial charge in [0.25, 0.3) is 11.1 Å². The lowest BCUT2D eigenvalue weighted by atomic mass is 10.1. The third-order valence-corrected chi connectivity index (χ3v) is 7.28. The number of nitrogens with one attached hydrogen (secondary N) is 1. The number of anilines is 1. The minimum absolute atomic E-state index is 0.00456. The highest BCUT2D eigenvalue weighted by Crippen LogP contribution is 2.36. The summed E-state index contributed by atoms with van der Waals surface area (Å²) in [5.41, 5.74) is 0.430. The molecule has 0 bridgehead atoms. The standard InChI is InChI=1S/C31H23F3N2O5S/c1-40-26-13-10-23(31(32,33)34)16-25(26)35-28(37)17-36-29(38)27(42-30(36)39)15-19-7-11-24(12-8-19)41-18-20-6-9-21-4-2-3-5-22(21)14-20/h2-16H,17-18H2,1H3,(H,35,37)/b27-15-. The Hall–Kier alpha value is -4.77. The van der Waals surface area contributed by atoms with Gasteiger partial charge in [0.1, 0.15) is 24.7 Å². The summed E-state index contributed by atoms with van der Waals surface area (Å²) in [5, 5.41) is 3.89. The van der Waals surface area contributed by atoms with Gasteiger partial charge in [-0.3, -0.25) is 19.3 Å². The van der Waals surface area contributed by atoms with E-state index in [0.29, 0.717) is 29.7 Å². The van der Waals surface area contributed by atoms with Crippen LogP contribution in [0.3, 0.4) is 0 Å². The van der Waals surface area contributed by atoms with Crippen LogP contribution >= 0.6 is 11.8 Å². The van der Waals surface area contributed by atoms with Crippen molar-refractivity contribution in [2.75, 3.05) is 19.0 Å². The molecule has 1 fully saturated rings. The zero-order chi connectivity index (χ0) is 29.9. The first kappa shape index (κ1) is 28.7. The van der Waals surface area contributed by atoms with E-state index in [-0.39, 0.29) is 16.3 Å². The van der Waals surface area contributed by atoms with E-state index in [1.54, 1.807) is 24.3 Å². The molecule has 4 aromatic rings. The number of nitrogens with zero attached hydrogens (tertiary/aromatic N) is 1. The number of benzene rings is 4. The van der Waals surface area contributed by atoms with Crippen molar-refractivity contribution in [3.05, 3.63) is 107 Å². The molecule has 7 nitrogen and oxygen atoms in total. The Labute approximate surface area is 242 Å². The first-order valence-electron chi connectivity index (χ1n) is 12.6. The number of ether oxygens (including phenoxy) is 2. The second kappa shape index (κ2) is 12.0. The van der Waals surface area contributed by atoms with Crippen LogP contribution in [0.15, 0.2) is 89.8 Å². The normalized spacial score (nSPS) is 14.5. The summed E-state index contributed by atoms with van der Waals surface area (Å²) >= 11 is 0.665. The Balaban J connectivity index is 1.20. The number of thioether (sulfide) groups is 1. The lowest BCUT2D eigenvalue weighted by molar-refractivity contribution is -0.137. The van der Waals surface area contributed by atoms with Crippen molar-refractivity contribution in [2.45, 2.75) is 12.8 Å². The van der Waals surface area contributed by atoms with Crippen molar-refractivity contribution in [3.63, 3.8) is 0 Å². The molecule has 0 radical (unpaired) electrons. The number of hydrogen-bond donors (Lipinski definition) is 1. The van der Waals surface area contributed by atoms with E-state index in [1.807, 2.05) is 36.4 Å². The Morgan fingerprint density at radius 1 is 0.952 bits per heavy atom. The van der Waals surface area contributed by atoms with E-state index in [4.69, 9.17) is 9.47 Å². The number of fused-ring (bicyclic) bond motifs is 1. The van der Waals surface area contributed by atoms with Crippen molar-refractivity contribution in [2.24, 2.45) is 0 Å². The van der Waals surface area contributed by atoms with Crippen LogP contribution in [0.1, 0.15) is 16.7 Å². The van der Waals surface area contributed by atoms with E-state index < -0.39 is 35.3 Å². The Bertz CT molecular complexity index is 1700. The fraction of sp³-hybridized carbons (Fsp3) is 0.129. The molecular weight excluding hydrogens is 569 g/mol. The van der Waals surface area contributed by atoms with Gasteiger partial charge in [0.15, 0.2) is 0 Å². The lowest BCUT2D eigenvalue weighted by Crippen LogP contribution is -2.36. The quantitative estimate of drug-likeness (QED) is 0.219. The van der Waals surface area contributed by atoms with E-state index in [9.17, 15) is 27.6 Å². The summed E-state index contributed by atoms with van der Waals surface area (Å²) in [5.74, 6) is -0.929. The molecule has 214 valence electrons. The molecule has 1 saturated heterocycles. The third-order valence-electron chi connectivity index (χ3n) is 6.37. The number of amides is 3. The number of halogens is 3. The number of carbonyl (C=O) groups is 3. The van der Waals surface area contributed by atoms with Gasteiger partial charge in [0.05, 0.1) is 23.3 Å². The van der Waals surface area contributed by atoms with Crippen LogP contribution in [0.25, 0.3) is 16.8 Å². The van der Waals surface area contributed by atoms with Crippen LogP contribution in [-0.2, 0) is 22.4 Å². The number of imide groups is 1. The average molecular weight is 593 g/mol. The Morgan fingerprint density at radius 2 is 1.69 bits per heavy atom. The molecule has 0 atom stereocenters. The van der Waals surface area contributed by atoms with Gasteiger partial charge in [0.2, 0.25) is 5.91 Å². The fourth-order valence-electron chi connectivity index (χ4n) is 4.26. The van der Waals surface area contributed by atoms with Crippen molar-refractivity contribution in [1.29, 1.82) is 0 Å². The van der Waals surface area contributed by atoms with Gasteiger partial charge in [-0.05, 0) is 76.1 Å². The predicted molar refractivity (Wildman–Crippen MR) is 154 cm³/mol. The largest absolute Gasteiger partial charge is 0.495 e. The van der Waals surface area contributed by atoms with Crippen LogP contribution in [0, 0.1) is 0 Å². The van der Waals surface area contributed by atoms with E-state index >= 15 is 0 Å². The summed E-state index contributed by atoms with van der Waals surface area (Å²) in [6.45, 7) is -0.305. The summed E-state index contributed by atoms with van der Waals surface area (Å²) in [6, 6.07) is 23.7. The molecule has 0 unspecified atom stereocenters. The molecule has 1 aliphatic rings. The molecular formula is C31H23F3N2O5S. The Kier molecular flexibility index (Phi) is 8.21. The maximum Gasteiger partial charge on any atom is 0.416 e. The van der Waals surface area contributed by atoms with Crippen LogP contribution in [-0.4, -0.2) is 35.6 Å². The molecule has 0 saturated carbocycles. The van der Waals surface area contributed by atoms with Crippen LogP contribution in [0.2, 0.25) is 0 Å². The molecule has 42 heavy (non-hydrogen) atoms. The summed E-state index contributed by atoms with van der Waals surface area (Å²) < 4.78 is 50.2. The zero-order valence-corrected chi connectivity index (χ0v) is 22.9. The van der Waals surface area contributed by atoms with Gasteiger partial charge < -0.3 is 14.8 Å². The average Bonchev–Trinajstić information content (AvgIpc) is 3.23. The fourth-order valence-corrected chi connectivity index (χ4v) is 5.10. The smallest absolute Gasteiger partial charge is 0.416 e. The predicted octanol–water partition coefficient (Wildman–Crippen LogP) is 7.12. The molecule has 1 N–H and O–H groups in total. The second-order valence-corrected chi connectivity index (χ2v) is 10.3. The lowest BCUT2D eigenvalue weighted by Gasteiger charge is -2.16. The molecule has 4 aromatic carbocycles. The topological polar surface area (TPSA) is 84.9 Å². The van der Waals surface area contributed by atoms with E-state index in [1.165, 1.54) is 13.2 Å². The maximum absolute atomic E-state index is 13.1. The van der Waals surface area contributed by atoms with Crippen molar-refractivity contribution >= 4 is 51.4 Å². The van der Waals surface area contributed by atoms with Crippen LogP contribution in [0.5, 0.6) is 11.5 Å². The van der Waals surface area contributed by atoms with Crippen LogP contribution < -0.4 is 14.8 Å². The number of rotatable bonds is 8. The highest BCUT2D eigenvalue weighted by atomic mass is 32.2. The molecule has 11 heteroatoms. The summed E-state index contributed by atoms with van der Waals surface area (Å²) in [6.07, 6.45) is -3.11. The maximum atomic E-state index is 13.1. The molecule has 0 spiro atoms. The van der Waals surface area contributed by atoms with Crippen molar-refractivity contribution < 1.29 is 37.0 Å². The van der Waals surface area contributed by atoms with Crippen molar-refractivity contribution in [1.82, 2.24) is 4.90 Å². The van der Waals surface area contributed by atoms with Gasteiger partial charge in [-0.2, -0.15) is 13.2 Å². The second-order valence-electron chi connectivity index (χ2n) is 9.27. The number of alkyl halides is 3. The van der Waals surface area contributed by atoms with Crippen molar-refractivity contribution in [3.8, 4) is 11.5 Å². The van der Waals surface area contributed by atoms with Gasteiger partial charge >= 0.3 is 6.18 Å². The highest BCUT2D eigenvalue weighted by Gasteiger charge is 2.37. The monoisotopic (exact) mass is 592 g/mol. The first-order valence-corrected chi connectivity index (χ1v) is 13.4. The van der Waals surface area contributed by atoms with Gasteiger partial charge in [-0.25, -0.2) is 0 Å². The van der Waals surface area contributed by atoms with Crippen LogP contribution in [0.4, 0.5) is 23.7 Å². The number of carbonyl (C=O) groups excluding carboxylic acids is 3. The highest BCUT2D eigenvalue weighted by molar-refractivity contribution is 8.18. The minimum Gasteiger partial charge on any atom is -0.495 e. The molecule has 0 aromatic heterocycles. The van der Waals surface area contributed by atoms with E-state index in [0.717, 1.165) is 39.4 Å². The Morgan fingerprint density at radius 3 is 2.40 bits per heavy atom. The molecule has 0 aliphatic carbocycles. The van der Waals surface area contributed by atoms with Gasteiger partial charge in [-0.1, -0.05) is 48.5 Å². The molecule has 5 rings (SSSR count). The first-order chi connectivity index (χ1) is 20.1. The summed E-state index contributed by atoms with van der Waals surface area (Å²) in [4.78, 5) is 38.8. The van der Waals surface area contributed by atoms with Gasteiger partial charge in [0, 0.05) is 0 Å². The molecule has 3 amide bonds. The summed E-state index contributed by atoms with van der Waals surface area (Å²) in [7, 11) is 1.24. The van der Waals surface area contributed by atoms with E-state index in [2.05, 4.69) is 11.4 Å². The molecule has 1 aliphatic heterocycles. The van der Waals surface area contributed by atoms with Gasteiger partial charge in [-0.15, -0.1) is 0 Å². The minimum atomic E-state index is -4.63. The third kappa shape index (κ3) is 6.58.